The van der Waals surface area contributed by atoms with Crippen molar-refractivity contribution in [2.75, 3.05) is 46.1 Å². The van der Waals surface area contributed by atoms with Crippen LogP contribution in [-0.4, -0.2) is 70.3 Å². The molecule has 132 valence electrons. The maximum atomic E-state index is 13.6. The van der Waals surface area contributed by atoms with Gasteiger partial charge in [-0.05, 0) is 6.92 Å². The van der Waals surface area contributed by atoms with Crippen LogP contribution < -0.4 is 10.6 Å². The van der Waals surface area contributed by atoms with Crippen LogP contribution in [0.5, 0.6) is 0 Å². The molecule has 0 fully saturated rings. The number of amides is 1. The summed E-state index contributed by atoms with van der Waals surface area (Å²) in [6, 6.07) is 0.462. The van der Waals surface area contributed by atoms with Gasteiger partial charge in [0.15, 0.2) is 0 Å². The van der Waals surface area contributed by atoms with E-state index >= 15 is 0 Å². The third-order valence-corrected chi connectivity index (χ3v) is 2.83. The maximum Gasteiger partial charge on any atom is 0.216 e. The molecule has 2 unspecified atom stereocenters. The number of rotatable bonds is 14. The Labute approximate surface area is 133 Å². The number of carbonyl (C=O) groups excluding carboxylic acids is 1. The monoisotopic (exact) mass is 322 g/mol. The molecule has 0 rings (SSSR count). The summed E-state index contributed by atoms with van der Waals surface area (Å²) < 4.78 is 29.6. The van der Waals surface area contributed by atoms with E-state index in [1.54, 1.807) is 6.92 Å². The van der Waals surface area contributed by atoms with Gasteiger partial charge in [-0.25, -0.2) is 4.39 Å². The molecule has 7 heteroatoms. The molecule has 2 N–H and O–H groups in total. The van der Waals surface area contributed by atoms with Gasteiger partial charge in [0.1, 0.15) is 6.17 Å². The Balaban J connectivity index is 3.32. The zero-order valence-corrected chi connectivity index (χ0v) is 14.2. The minimum absolute atomic E-state index is 0.0321. The van der Waals surface area contributed by atoms with Gasteiger partial charge in [-0.3, -0.25) is 4.79 Å². The van der Waals surface area contributed by atoms with Gasteiger partial charge in [-0.15, -0.1) is 0 Å². The van der Waals surface area contributed by atoms with Crippen molar-refractivity contribution in [1.82, 2.24) is 10.6 Å². The van der Waals surface area contributed by atoms with E-state index in [1.807, 2.05) is 0 Å². The van der Waals surface area contributed by atoms with E-state index in [0.29, 0.717) is 39.1 Å². The second kappa shape index (κ2) is 13.9. The average molecular weight is 322 g/mol. The molecule has 0 aromatic carbocycles. The molecular formula is C15H31FN2O4. The molecule has 22 heavy (non-hydrogen) atoms. The molecule has 0 aliphatic carbocycles. The van der Waals surface area contributed by atoms with Crippen LogP contribution in [0.3, 0.4) is 0 Å². The van der Waals surface area contributed by atoms with Crippen LogP contribution in [0.2, 0.25) is 0 Å². The van der Waals surface area contributed by atoms with Gasteiger partial charge in [0.2, 0.25) is 5.91 Å². The van der Waals surface area contributed by atoms with Crippen molar-refractivity contribution in [2.45, 2.75) is 46.0 Å². The lowest BCUT2D eigenvalue weighted by Crippen LogP contribution is -2.35. The summed E-state index contributed by atoms with van der Waals surface area (Å²) in [5.41, 5.74) is 0. The fraction of sp³-hybridized carbons (Fsp3) is 0.933. The first-order valence-electron chi connectivity index (χ1n) is 7.82. The molecule has 0 aromatic rings. The molecule has 0 aromatic heterocycles. The molecule has 0 radical (unpaired) electrons. The molecule has 6 nitrogen and oxygen atoms in total. The number of halogens is 1. The molecule has 0 bridgehead atoms. The predicted octanol–water partition coefficient (Wildman–Crippen LogP) is 0.897. The van der Waals surface area contributed by atoms with Crippen molar-refractivity contribution in [2.24, 2.45) is 0 Å². The standard InChI is InChI=1S/C15H31FN2O4/c1-12(2)17-5-6-20-7-8-21-9-10-22-13(3)15(16)11-18-14(4)19/h12-13,15,17H,5-11H2,1-4H3,(H,18,19). The summed E-state index contributed by atoms with van der Waals surface area (Å²) in [6.07, 6.45) is -1.80. The average Bonchev–Trinajstić information content (AvgIpc) is 2.45. The van der Waals surface area contributed by atoms with Crippen LogP contribution in [-0.2, 0) is 19.0 Å². The Morgan fingerprint density at radius 3 is 2.23 bits per heavy atom. The van der Waals surface area contributed by atoms with Crippen LogP contribution in [0.15, 0.2) is 0 Å². The fourth-order valence-corrected chi connectivity index (χ4v) is 1.55. The van der Waals surface area contributed by atoms with Gasteiger partial charge in [-0.2, -0.15) is 0 Å². The highest BCUT2D eigenvalue weighted by Gasteiger charge is 2.16. The molecule has 0 heterocycles. The zero-order valence-electron chi connectivity index (χ0n) is 14.2. The molecule has 1 amide bonds. The van der Waals surface area contributed by atoms with E-state index in [9.17, 15) is 9.18 Å². The number of alkyl halides is 1. The number of hydrogen-bond acceptors (Lipinski definition) is 5. The van der Waals surface area contributed by atoms with Gasteiger partial charge in [0.25, 0.3) is 0 Å². The van der Waals surface area contributed by atoms with E-state index in [4.69, 9.17) is 14.2 Å². The highest BCUT2D eigenvalue weighted by molar-refractivity contribution is 5.72. The predicted molar refractivity (Wildman–Crippen MR) is 83.8 cm³/mol. The summed E-state index contributed by atoms with van der Waals surface area (Å²) in [5.74, 6) is -0.248. The van der Waals surface area contributed by atoms with Crippen molar-refractivity contribution >= 4 is 5.91 Å². The summed E-state index contributed by atoms with van der Waals surface area (Å²) in [7, 11) is 0. The molecule has 0 saturated carbocycles. The summed E-state index contributed by atoms with van der Waals surface area (Å²) in [6.45, 7) is 10.3. The van der Waals surface area contributed by atoms with Crippen LogP contribution in [0.25, 0.3) is 0 Å². The lowest BCUT2D eigenvalue weighted by atomic mass is 10.2. The zero-order chi connectivity index (χ0) is 16.8. The fourth-order valence-electron chi connectivity index (χ4n) is 1.55. The Morgan fingerprint density at radius 1 is 1.05 bits per heavy atom. The summed E-state index contributed by atoms with van der Waals surface area (Å²) >= 11 is 0. The first kappa shape index (κ1) is 21.2. The minimum atomic E-state index is -1.22. The SMILES string of the molecule is CC(=O)NCC(F)C(C)OCCOCCOCCNC(C)C. The first-order chi connectivity index (χ1) is 10.4. The molecular weight excluding hydrogens is 291 g/mol. The van der Waals surface area contributed by atoms with Gasteiger partial charge in [0, 0.05) is 19.5 Å². The lowest BCUT2D eigenvalue weighted by Gasteiger charge is -2.17. The quantitative estimate of drug-likeness (QED) is 0.465. The summed E-state index contributed by atoms with van der Waals surface area (Å²) in [5, 5.41) is 5.67. The van der Waals surface area contributed by atoms with Crippen molar-refractivity contribution in [3.05, 3.63) is 0 Å². The Morgan fingerprint density at radius 2 is 1.64 bits per heavy atom. The molecule has 2 atom stereocenters. The largest absolute Gasteiger partial charge is 0.378 e. The molecule has 0 spiro atoms. The van der Waals surface area contributed by atoms with Gasteiger partial charge in [-0.1, -0.05) is 13.8 Å². The molecule has 0 aliphatic rings. The van der Waals surface area contributed by atoms with Crippen molar-refractivity contribution in [3.8, 4) is 0 Å². The summed E-state index contributed by atoms with van der Waals surface area (Å²) in [4.78, 5) is 10.7. The Kier molecular flexibility index (Phi) is 13.4. The third kappa shape index (κ3) is 14.2. The van der Waals surface area contributed by atoms with E-state index < -0.39 is 12.3 Å². The second-order valence-electron chi connectivity index (χ2n) is 5.36. The van der Waals surface area contributed by atoms with Gasteiger partial charge in [0.05, 0.1) is 45.7 Å². The van der Waals surface area contributed by atoms with Gasteiger partial charge >= 0.3 is 0 Å². The van der Waals surface area contributed by atoms with Crippen LogP contribution in [0.1, 0.15) is 27.7 Å². The Bertz CT molecular complexity index is 280. The third-order valence-electron chi connectivity index (χ3n) is 2.83. The Hall–Kier alpha value is -0.760. The van der Waals surface area contributed by atoms with Crippen molar-refractivity contribution < 1.29 is 23.4 Å². The highest BCUT2D eigenvalue weighted by atomic mass is 19.1. The van der Waals surface area contributed by atoms with Crippen LogP contribution in [0, 0.1) is 0 Å². The van der Waals surface area contributed by atoms with Crippen molar-refractivity contribution in [3.63, 3.8) is 0 Å². The van der Waals surface area contributed by atoms with Crippen LogP contribution >= 0.6 is 0 Å². The topological polar surface area (TPSA) is 68.8 Å². The number of carbonyl (C=O) groups is 1. The van der Waals surface area contributed by atoms with E-state index in [-0.39, 0.29) is 12.5 Å². The normalized spacial score (nSPS) is 14.1. The number of nitrogens with one attached hydrogen (secondary N) is 2. The van der Waals surface area contributed by atoms with Crippen LogP contribution in [0.4, 0.5) is 4.39 Å². The first-order valence-corrected chi connectivity index (χ1v) is 7.82. The lowest BCUT2D eigenvalue weighted by molar-refractivity contribution is -0.119. The molecule has 0 aliphatic heterocycles. The smallest absolute Gasteiger partial charge is 0.216 e. The van der Waals surface area contributed by atoms with Crippen molar-refractivity contribution in [1.29, 1.82) is 0 Å². The highest BCUT2D eigenvalue weighted by Crippen LogP contribution is 2.02. The number of hydrogen-bond donors (Lipinski definition) is 2. The maximum absolute atomic E-state index is 13.6. The van der Waals surface area contributed by atoms with E-state index in [2.05, 4.69) is 24.5 Å². The van der Waals surface area contributed by atoms with Gasteiger partial charge < -0.3 is 24.8 Å². The van der Waals surface area contributed by atoms with E-state index in [1.165, 1.54) is 6.92 Å². The number of ether oxygens (including phenoxy) is 3. The second-order valence-corrected chi connectivity index (χ2v) is 5.36. The molecule has 0 saturated heterocycles. The van der Waals surface area contributed by atoms with E-state index in [0.717, 1.165) is 6.54 Å². The minimum Gasteiger partial charge on any atom is -0.378 e.